The first kappa shape index (κ1) is 19.1. The molecule has 0 radical (unpaired) electrons. The number of likely N-dealkylation sites (N-methyl/N-ethyl adjacent to an activating group) is 1. The number of hydrogen-bond acceptors (Lipinski definition) is 4. The molecule has 10 heteroatoms. The third-order valence-electron chi connectivity index (χ3n) is 5.57. The second-order valence-electron chi connectivity index (χ2n) is 7.35. The average molecular weight is 400 g/mol. The molecule has 2 fully saturated rings. The molecule has 2 bridgehead atoms. The normalized spacial score (nSPS) is 27.0. The predicted molar refractivity (Wildman–Crippen MR) is 92.6 cm³/mol. The van der Waals surface area contributed by atoms with Crippen molar-refractivity contribution in [1.82, 2.24) is 19.8 Å². The summed E-state index contributed by atoms with van der Waals surface area (Å²) in [6.45, 7) is 1.16. The minimum atomic E-state index is -5.09. The topological polar surface area (TPSA) is 59.4 Å². The number of aromatic nitrogens is 2. The highest BCUT2D eigenvalue weighted by atomic mass is 19.4. The van der Waals surface area contributed by atoms with Crippen molar-refractivity contribution in [3.8, 4) is 0 Å². The first-order chi connectivity index (χ1) is 13.3. The molecule has 0 spiro atoms. The van der Waals surface area contributed by atoms with E-state index >= 15 is 0 Å². The van der Waals surface area contributed by atoms with Crippen molar-refractivity contribution < 1.29 is 27.1 Å². The first-order valence-corrected chi connectivity index (χ1v) is 9.02. The quantitative estimate of drug-likeness (QED) is 0.805. The lowest BCUT2D eigenvalue weighted by Gasteiger charge is -2.46. The summed E-state index contributed by atoms with van der Waals surface area (Å²) in [5.41, 5.74) is -0.235. The fourth-order valence-electron chi connectivity index (χ4n) is 4.07. The van der Waals surface area contributed by atoms with Crippen molar-refractivity contribution in [2.24, 2.45) is 0 Å². The van der Waals surface area contributed by atoms with Gasteiger partial charge in [0.05, 0.1) is 18.8 Å². The van der Waals surface area contributed by atoms with E-state index in [1.807, 2.05) is 7.05 Å². The van der Waals surface area contributed by atoms with Crippen LogP contribution in [0.25, 0.3) is 11.0 Å². The van der Waals surface area contributed by atoms with Gasteiger partial charge in [0.1, 0.15) is 5.65 Å². The third kappa shape index (κ3) is 3.35. The van der Waals surface area contributed by atoms with Gasteiger partial charge < -0.3 is 10.1 Å². The summed E-state index contributed by atoms with van der Waals surface area (Å²) in [5, 5.41) is 3.09. The number of alkyl halides is 4. The van der Waals surface area contributed by atoms with Crippen LogP contribution < -0.4 is 5.32 Å². The highest BCUT2D eigenvalue weighted by molar-refractivity contribution is 6.06. The van der Waals surface area contributed by atoms with Crippen LogP contribution in [0.2, 0.25) is 0 Å². The van der Waals surface area contributed by atoms with Gasteiger partial charge in [-0.3, -0.25) is 14.3 Å². The van der Waals surface area contributed by atoms with Gasteiger partial charge in [-0.1, -0.05) is 0 Å². The number of carbonyl (C=O) groups excluding carboxylic acids is 1. The van der Waals surface area contributed by atoms with E-state index in [1.54, 1.807) is 0 Å². The number of carbonyl (C=O) groups is 1. The molecule has 2 unspecified atom stereocenters. The van der Waals surface area contributed by atoms with E-state index < -0.39 is 18.4 Å². The summed E-state index contributed by atoms with van der Waals surface area (Å²) in [4.78, 5) is 18.9. The number of pyridine rings is 1. The fourth-order valence-corrected chi connectivity index (χ4v) is 4.07. The van der Waals surface area contributed by atoms with Crippen molar-refractivity contribution in [1.29, 1.82) is 0 Å². The molecule has 2 saturated heterocycles. The van der Waals surface area contributed by atoms with Crippen molar-refractivity contribution >= 4 is 16.9 Å². The van der Waals surface area contributed by atoms with Crippen molar-refractivity contribution in [3.05, 3.63) is 30.1 Å². The van der Waals surface area contributed by atoms with E-state index in [-0.39, 0.29) is 34.7 Å². The Hall–Kier alpha value is -2.20. The van der Waals surface area contributed by atoms with E-state index in [0.29, 0.717) is 30.6 Å². The highest BCUT2D eigenvalue weighted by Gasteiger charge is 2.43. The molecule has 28 heavy (non-hydrogen) atoms. The van der Waals surface area contributed by atoms with Crippen LogP contribution in [0.3, 0.4) is 0 Å². The zero-order valence-electron chi connectivity index (χ0n) is 15.1. The molecule has 4 heterocycles. The van der Waals surface area contributed by atoms with Gasteiger partial charge in [-0.2, -0.15) is 13.2 Å². The fraction of sp³-hybridized carbons (Fsp3) is 0.556. The molecule has 2 aliphatic rings. The van der Waals surface area contributed by atoms with Crippen LogP contribution in [-0.2, 0) is 4.74 Å². The zero-order valence-corrected chi connectivity index (χ0v) is 15.1. The zero-order chi connectivity index (χ0) is 20.1. The van der Waals surface area contributed by atoms with Crippen LogP contribution >= 0.6 is 0 Å². The van der Waals surface area contributed by atoms with Gasteiger partial charge in [0.2, 0.25) is 0 Å². The number of hydrogen-bond donors (Lipinski definition) is 1. The molecular formula is C18H20F4N4O2. The molecular weight excluding hydrogens is 380 g/mol. The number of ether oxygens (including phenoxy) is 1. The predicted octanol–water partition coefficient (Wildman–Crippen LogP) is 2.66. The van der Waals surface area contributed by atoms with E-state index in [0.717, 1.165) is 6.20 Å². The Morgan fingerprint density at radius 2 is 2.00 bits per heavy atom. The summed E-state index contributed by atoms with van der Waals surface area (Å²) < 4.78 is 58.5. The number of amides is 1. The number of nitrogens with one attached hydrogen (secondary N) is 1. The molecule has 2 aromatic rings. The van der Waals surface area contributed by atoms with Crippen molar-refractivity contribution in [3.63, 3.8) is 0 Å². The molecule has 1 N–H and O–H groups in total. The summed E-state index contributed by atoms with van der Waals surface area (Å²) in [5.74, 6) is -0.528. The van der Waals surface area contributed by atoms with E-state index in [9.17, 15) is 22.4 Å². The van der Waals surface area contributed by atoms with E-state index in [4.69, 9.17) is 4.74 Å². The van der Waals surface area contributed by atoms with Gasteiger partial charge in [-0.15, -0.1) is 0 Å². The van der Waals surface area contributed by atoms with Gasteiger partial charge in [0.15, 0.2) is 0 Å². The number of rotatable bonds is 3. The second-order valence-corrected chi connectivity index (χ2v) is 7.35. The standard InChI is InChI=1S/C18H20F4N4O2/c1-25-11-5-10(6-12(25)9-28-8-11)24-16(27)14-7-26(17(19)18(20,21)22)15-13(14)3-2-4-23-15/h2-4,7,10-12,17H,5-6,8-9H2,1H3,(H,24,27)/t10?,11-,12+,17?. The monoisotopic (exact) mass is 400 g/mol. The maximum atomic E-state index is 14.0. The molecule has 0 aliphatic carbocycles. The molecule has 4 rings (SSSR count). The van der Waals surface area contributed by atoms with Crippen molar-refractivity contribution in [2.45, 2.75) is 43.4 Å². The van der Waals surface area contributed by atoms with Gasteiger partial charge in [0.25, 0.3) is 12.2 Å². The Kier molecular flexibility index (Phi) is 4.78. The number of fused-ring (bicyclic) bond motifs is 3. The Morgan fingerprint density at radius 3 is 2.64 bits per heavy atom. The molecule has 6 nitrogen and oxygen atoms in total. The van der Waals surface area contributed by atoms with Crippen LogP contribution in [0.15, 0.2) is 24.5 Å². The number of morpholine rings is 1. The van der Waals surface area contributed by atoms with Crippen molar-refractivity contribution in [2.75, 3.05) is 20.3 Å². The molecule has 152 valence electrons. The number of nitrogens with zero attached hydrogens (tertiary/aromatic N) is 3. The summed E-state index contributed by atoms with van der Waals surface area (Å²) in [6, 6.07) is 3.21. The number of piperidine rings is 1. The molecule has 0 aromatic carbocycles. The maximum absolute atomic E-state index is 14.0. The van der Waals surface area contributed by atoms with Crippen LogP contribution in [0.4, 0.5) is 17.6 Å². The lowest BCUT2D eigenvalue weighted by molar-refractivity contribution is -0.203. The molecule has 1 amide bonds. The van der Waals surface area contributed by atoms with Gasteiger partial charge in [-0.25, -0.2) is 9.37 Å². The lowest BCUT2D eigenvalue weighted by Crippen LogP contribution is -2.59. The Balaban J connectivity index is 1.60. The molecule has 2 aromatic heterocycles. The molecule has 4 atom stereocenters. The minimum Gasteiger partial charge on any atom is -0.378 e. The van der Waals surface area contributed by atoms with Crippen LogP contribution in [0.5, 0.6) is 0 Å². The average Bonchev–Trinajstić information content (AvgIpc) is 3.01. The van der Waals surface area contributed by atoms with Gasteiger partial charge in [0, 0.05) is 35.9 Å². The van der Waals surface area contributed by atoms with E-state index in [1.165, 1.54) is 18.3 Å². The largest absolute Gasteiger partial charge is 0.439 e. The Bertz CT molecular complexity index is 870. The maximum Gasteiger partial charge on any atom is 0.439 e. The summed E-state index contributed by atoms with van der Waals surface area (Å²) >= 11 is 0. The van der Waals surface area contributed by atoms with Crippen LogP contribution in [-0.4, -0.2) is 64.9 Å². The van der Waals surface area contributed by atoms with Gasteiger partial charge in [-0.05, 0) is 32.0 Å². The third-order valence-corrected chi connectivity index (χ3v) is 5.57. The smallest absolute Gasteiger partial charge is 0.378 e. The first-order valence-electron chi connectivity index (χ1n) is 9.02. The summed E-state index contributed by atoms with van der Waals surface area (Å²) in [6.07, 6.45) is -4.84. The molecule has 0 saturated carbocycles. The highest BCUT2D eigenvalue weighted by Crippen LogP contribution is 2.35. The summed E-state index contributed by atoms with van der Waals surface area (Å²) in [7, 11) is 2.02. The SMILES string of the molecule is CN1[C@@H]2COC[C@H]1CC(NC(=O)c1cn(C(F)C(F)(F)F)c3ncccc13)C2. The molecule has 2 aliphatic heterocycles. The van der Waals surface area contributed by atoms with E-state index in [2.05, 4.69) is 15.2 Å². The van der Waals surface area contributed by atoms with Gasteiger partial charge >= 0.3 is 6.18 Å². The van der Waals surface area contributed by atoms with Crippen LogP contribution in [0, 0.1) is 0 Å². The second kappa shape index (κ2) is 7.00. The Morgan fingerprint density at radius 1 is 1.32 bits per heavy atom. The minimum absolute atomic E-state index is 0.0182. The number of halogens is 4. The Labute approximate surface area is 158 Å². The van der Waals surface area contributed by atoms with Crippen LogP contribution in [0.1, 0.15) is 29.5 Å². The lowest BCUT2D eigenvalue weighted by atomic mass is 9.90.